The minimum absolute atomic E-state index is 0.267. The van der Waals surface area contributed by atoms with Gasteiger partial charge in [-0.05, 0) is 56.7 Å². The number of hydrogen-bond donors (Lipinski definition) is 2. The maximum absolute atomic E-state index is 11.8. The number of carboxylic acids is 1. The molecule has 1 aromatic rings. The molecule has 0 spiro atoms. The third-order valence-corrected chi connectivity index (χ3v) is 4.05. The molecule has 0 aliphatic carbocycles. The van der Waals surface area contributed by atoms with Gasteiger partial charge in [0.2, 0.25) is 0 Å². The number of hydrogen-bond acceptors (Lipinski definition) is 2. The highest BCUT2D eigenvalue weighted by molar-refractivity contribution is 14.1. The topological polar surface area (TPSA) is 69.6 Å². The van der Waals surface area contributed by atoms with Crippen LogP contribution < -0.4 is 5.32 Å². The Hall–Kier alpha value is -0.830. The summed E-state index contributed by atoms with van der Waals surface area (Å²) >= 11 is 5.51. The molecule has 2 amide bonds. The summed E-state index contributed by atoms with van der Waals surface area (Å²) in [4.78, 5) is 23.9. The van der Waals surface area contributed by atoms with Crippen LogP contribution in [0.4, 0.5) is 10.5 Å². The second kappa shape index (κ2) is 5.43. The molecule has 0 saturated carbocycles. The molecule has 96 valence electrons. The van der Waals surface area contributed by atoms with Gasteiger partial charge in [-0.15, -0.1) is 0 Å². The number of nitrogens with zero attached hydrogens (tertiary/aromatic N) is 1. The SMILES string of the molecule is O=C(O)C1CN(C(=O)Nc2cc(I)ccc2Br)C1. The van der Waals surface area contributed by atoms with Crippen molar-refractivity contribution >= 4 is 56.2 Å². The summed E-state index contributed by atoms with van der Waals surface area (Å²) < 4.78 is 1.81. The fourth-order valence-corrected chi connectivity index (χ4v) is 2.43. The molecule has 0 atom stereocenters. The van der Waals surface area contributed by atoms with Gasteiger partial charge in [0, 0.05) is 21.1 Å². The Labute approximate surface area is 126 Å². The van der Waals surface area contributed by atoms with E-state index >= 15 is 0 Å². The minimum Gasteiger partial charge on any atom is -0.481 e. The molecule has 1 heterocycles. The highest BCUT2D eigenvalue weighted by atomic mass is 127. The zero-order valence-electron chi connectivity index (χ0n) is 9.19. The number of nitrogens with one attached hydrogen (secondary N) is 1. The molecular formula is C11H10BrIN2O3. The number of carbonyl (C=O) groups excluding carboxylic acids is 1. The fraction of sp³-hybridized carbons (Fsp3) is 0.273. The lowest BCUT2D eigenvalue weighted by atomic mass is 10.0. The van der Waals surface area contributed by atoms with Crippen LogP contribution >= 0.6 is 38.5 Å². The van der Waals surface area contributed by atoms with Crippen LogP contribution in [0.25, 0.3) is 0 Å². The Morgan fingerprint density at radius 3 is 2.72 bits per heavy atom. The summed E-state index contributed by atoms with van der Waals surface area (Å²) in [5.41, 5.74) is 0.686. The summed E-state index contributed by atoms with van der Waals surface area (Å²) in [6.07, 6.45) is 0. The number of rotatable bonds is 2. The normalized spacial score (nSPS) is 15.1. The van der Waals surface area contributed by atoms with Crippen LogP contribution in [0.15, 0.2) is 22.7 Å². The van der Waals surface area contributed by atoms with Crippen LogP contribution in [-0.4, -0.2) is 35.1 Å². The number of aliphatic carboxylic acids is 1. The van der Waals surface area contributed by atoms with Crippen molar-refractivity contribution in [1.82, 2.24) is 4.90 Å². The van der Waals surface area contributed by atoms with Crippen molar-refractivity contribution in [1.29, 1.82) is 0 Å². The van der Waals surface area contributed by atoms with Crippen molar-refractivity contribution in [3.8, 4) is 0 Å². The van der Waals surface area contributed by atoms with Crippen molar-refractivity contribution in [2.75, 3.05) is 18.4 Å². The minimum atomic E-state index is -0.852. The predicted octanol–water partition coefficient (Wildman–Crippen LogP) is 2.60. The first kappa shape index (κ1) is 13.6. The van der Waals surface area contributed by atoms with Gasteiger partial charge in [0.25, 0.3) is 0 Å². The number of likely N-dealkylation sites (tertiary alicyclic amines) is 1. The number of halogens is 2. The first-order valence-corrected chi connectivity index (χ1v) is 7.08. The van der Waals surface area contributed by atoms with E-state index in [-0.39, 0.29) is 19.1 Å². The van der Waals surface area contributed by atoms with Gasteiger partial charge in [-0.25, -0.2) is 4.79 Å². The molecule has 2 rings (SSSR count). The summed E-state index contributed by atoms with van der Waals surface area (Å²) in [5, 5.41) is 11.5. The van der Waals surface area contributed by atoms with Crippen molar-refractivity contribution in [2.24, 2.45) is 5.92 Å². The van der Waals surface area contributed by atoms with Crippen LogP contribution in [0.5, 0.6) is 0 Å². The van der Waals surface area contributed by atoms with E-state index in [0.29, 0.717) is 5.69 Å². The highest BCUT2D eigenvalue weighted by Crippen LogP contribution is 2.25. The van der Waals surface area contributed by atoms with Crippen molar-refractivity contribution in [3.63, 3.8) is 0 Å². The van der Waals surface area contributed by atoms with E-state index in [1.807, 2.05) is 18.2 Å². The van der Waals surface area contributed by atoms with Gasteiger partial charge in [0.15, 0.2) is 0 Å². The van der Waals surface area contributed by atoms with Gasteiger partial charge in [0.05, 0.1) is 11.6 Å². The molecule has 1 fully saturated rings. The monoisotopic (exact) mass is 424 g/mol. The van der Waals surface area contributed by atoms with E-state index in [1.165, 1.54) is 4.90 Å². The van der Waals surface area contributed by atoms with Gasteiger partial charge in [-0.1, -0.05) is 0 Å². The maximum Gasteiger partial charge on any atom is 0.321 e. The Balaban J connectivity index is 1.96. The molecule has 0 unspecified atom stereocenters. The summed E-state index contributed by atoms with van der Waals surface area (Å²) in [6, 6.07) is 5.35. The fourth-order valence-electron chi connectivity index (χ4n) is 1.59. The molecule has 5 nitrogen and oxygen atoms in total. The van der Waals surface area contributed by atoms with E-state index in [1.54, 1.807) is 0 Å². The molecule has 7 heteroatoms. The van der Waals surface area contributed by atoms with Crippen LogP contribution in [0.2, 0.25) is 0 Å². The average molecular weight is 425 g/mol. The lowest BCUT2D eigenvalue weighted by Crippen LogP contribution is -2.54. The average Bonchev–Trinajstić information content (AvgIpc) is 2.20. The zero-order valence-corrected chi connectivity index (χ0v) is 12.9. The molecule has 1 aliphatic rings. The molecule has 1 saturated heterocycles. The van der Waals surface area contributed by atoms with Crippen molar-refractivity contribution in [2.45, 2.75) is 0 Å². The lowest BCUT2D eigenvalue weighted by Gasteiger charge is -2.36. The Kier molecular flexibility index (Phi) is 4.10. The standard InChI is InChI=1S/C11H10BrIN2O3/c12-8-2-1-7(13)3-9(8)14-11(18)15-4-6(5-15)10(16)17/h1-3,6H,4-5H2,(H,14,18)(H,16,17). The van der Waals surface area contributed by atoms with Gasteiger partial charge in [-0.3, -0.25) is 4.79 Å². The van der Waals surface area contributed by atoms with E-state index < -0.39 is 11.9 Å². The number of benzene rings is 1. The van der Waals surface area contributed by atoms with Gasteiger partial charge in [0.1, 0.15) is 0 Å². The molecule has 1 aromatic carbocycles. The third kappa shape index (κ3) is 2.94. The molecule has 18 heavy (non-hydrogen) atoms. The molecule has 0 bridgehead atoms. The summed E-state index contributed by atoms with van der Waals surface area (Å²) in [6.45, 7) is 0.533. The number of carbonyl (C=O) groups is 2. The summed E-state index contributed by atoms with van der Waals surface area (Å²) in [5.74, 6) is -1.29. The first-order chi connectivity index (χ1) is 8.47. The van der Waals surface area contributed by atoms with Gasteiger partial charge < -0.3 is 15.3 Å². The number of amides is 2. The lowest BCUT2D eigenvalue weighted by molar-refractivity contribution is -0.145. The molecular weight excluding hydrogens is 415 g/mol. The Morgan fingerprint density at radius 2 is 2.11 bits per heavy atom. The zero-order chi connectivity index (χ0) is 13.3. The quantitative estimate of drug-likeness (QED) is 0.717. The van der Waals surface area contributed by atoms with E-state index in [0.717, 1.165) is 8.04 Å². The molecule has 0 radical (unpaired) electrons. The van der Waals surface area contributed by atoms with Crippen LogP contribution in [0.1, 0.15) is 0 Å². The van der Waals surface area contributed by atoms with Crippen molar-refractivity contribution in [3.05, 3.63) is 26.2 Å². The van der Waals surface area contributed by atoms with E-state index in [2.05, 4.69) is 43.8 Å². The Bertz CT molecular complexity index is 503. The highest BCUT2D eigenvalue weighted by Gasteiger charge is 2.35. The van der Waals surface area contributed by atoms with Crippen molar-refractivity contribution < 1.29 is 14.7 Å². The smallest absolute Gasteiger partial charge is 0.321 e. The van der Waals surface area contributed by atoms with Crippen LogP contribution in [0.3, 0.4) is 0 Å². The van der Waals surface area contributed by atoms with E-state index in [4.69, 9.17) is 5.11 Å². The predicted molar refractivity (Wildman–Crippen MR) is 78.6 cm³/mol. The van der Waals surface area contributed by atoms with Crippen LogP contribution in [0, 0.1) is 9.49 Å². The van der Waals surface area contributed by atoms with E-state index in [9.17, 15) is 9.59 Å². The largest absolute Gasteiger partial charge is 0.481 e. The first-order valence-electron chi connectivity index (χ1n) is 5.21. The number of urea groups is 1. The second-order valence-corrected chi connectivity index (χ2v) is 6.09. The number of anilines is 1. The molecule has 2 N–H and O–H groups in total. The third-order valence-electron chi connectivity index (χ3n) is 2.69. The Morgan fingerprint density at radius 1 is 1.44 bits per heavy atom. The second-order valence-electron chi connectivity index (χ2n) is 3.99. The van der Waals surface area contributed by atoms with Gasteiger partial charge >= 0.3 is 12.0 Å². The van der Waals surface area contributed by atoms with Gasteiger partial charge in [-0.2, -0.15) is 0 Å². The molecule has 0 aromatic heterocycles. The van der Waals surface area contributed by atoms with Crippen LogP contribution in [-0.2, 0) is 4.79 Å². The molecule has 1 aliphatic heterocycles. The summed E-state index contributed by atoms with van der Waals surface area (Å²) in [7, 11) is 0. The number of carboxylic acid groups (broad SMARTS) is 1. The maximum atomic E-state index is 11.8.